The van der Waals surface area contributed by atoms with Gasteiger partial charge in [-0.1, -0.05) is 47.5 Å². The van der Waals surface area contributed by atoms with Crippen LogP contribution in [0.25, 0.3) is 22.6 Å². The number of nitrogens with zero attached hydrogens (tertiary/aromatic N) is 1. The molecular formula is C21H14Cl2N2O3. The fourth-order valence-electron chi connectivity index (χ4n) is 2.65. The number of rotatable bonds is 5. The standard InChI is InChI=1S/C21H14Cl2N2O3/c22-15-6-2-1-5-14(15)21-25-17-10-9-13(11-19(17)28-21)24-20(26)12-27-18-8-4-3-7-16(18)23/h1-11H,12H2,(H,24,26). The van der Waals surface area contributed by atoms with Gasteiger partial charge < -0.3 is 14.5 Å². The van der Waals surface area contributed by atoms with Gasteiger partial charge in [-0.2, -0.15) is 0 Å². The van der Waals surface area contributed by atoms with Crippen molar-refractivity contribution in [3.63, 3.8) is 0 Å². The van der Waals surface area contributed by atoms with Gasteiger partial charge in [0.05, 0.1) is 15.6 Å². The van der Waals surface area contributed by atoms with E-state index in [2.05, 4.69) is 10.3 Å². The zero-order valence-electron chi connectivity index (χ0n) is 14.5. The second-order valence-electron chi connectivity index (χ2n) is 5.95. The first-order valence-corrected chi connectivity index (χ1v) is 9.18. The van der Waals surface area contributed by atoms with Crippen molar-refractivity contribution in [3.8, 4) is 17.2 Å². The SMILES string of the molecule is O=C(COc1ccccc1Cl)Nc1ccc2nc(-c3ccccc3Cl)oc2c1. The molecule has 0 atom stereocenters. The van der Waals surface area contributed by atoms with Crippen LogP contribution in [0.15, 0.2) is 71.1 Å². The van der Waals surface area contributed by atoms with Gasteiger partial charge in [-0.15, -0.1) is 0 Å². The lowest BCUT2D eigenvalue weighted by Crippen LogP contribution is -2.20. The number of amides is 1. The first kappa shape index (κ1) is 18.3. The van der Waals surface area contributed by atoms with Gasteiger partial charge in [-0.3, -0.25) is 4.79 Å². The Balaban J connectivity index is 1.48. The summed E-state index contributed by atoms with van der Waals surface area (Å²) in [7, 11) is 0. The van der Waals surface area contributed by atoms with Crippen molar-refractivity contribution in [1.29, 1.82) is 0 Å². The lowest BCUT2D eigenvalue weighted by Gasteiger charge is -2.08. The highest BCUT2D eigenvalue weighted by Gasteiger charge is 2.12. The predicted molar refractivity (Wildman–Crippen MR) is 110 cm³/mol. The molecule has 0 saturated carbocycles. The molecule has 3 aromatic carbocycles. The zero-order chi connectivity index (χ0) is 19.5. The van der Waals surface area contributed by atoms with Crippen LogP contribution in [0, 0.1) is 0 Å². The van der Waals surface area contributed by atoms with E-state index in [0.717, 1.165) is 0 Å². The lowest BCUT2D eigenvalue weighted by molar-refractivity contribution is -0.118. The molecule has 4 aromatic rings. The first-order valence-electron chi connectivity index (χ1n) is 8.43. The topological polar surface area (TPSA) is 64.4 Å². The zero-order valence-corrected chi connectivity index (χ0v) is 16.0. The highest BCUT2D eigenvalue weighted by atomic mass is 35.5. The highest BCUT2D eigenvalue weighted by Crippen LogP contribution is 2.30. The van der Waals surface area contributed by atoms with Crippen molar-refractivity contribution in [2.75, 3.05) is 11.9 Å². The Morgan fingerprint density at radius 1 is 1.00 bits per heavy atom. The van der Waals surface area contributed by atoms with Crippen LogP contribution in [-0.2, 0) is 4.79 Å². The Bertz CT molecular complexity index is 1160. The molecule has 1 amide bonds. The van der Waals surface area contributed by atoms with E-state index in [0.29, 0.717) is 44.0 Å². The normalized spacial score (nSPS) is 10.8. The Labute approximate surface area is 170 Å². The monoisotopic (exact) mass is 412 g/mol. The Morgan fingerprint density at radius 2 is 1.75 bits per heavy atom. The van der Waals surface area contributed by atoms with E-state index < -0.39 is 0 Å². The molecule has 0 saturated heterocycles. The molecule has 0 aliphatic heterocycles. The molecule has 1 aromatic heterocycles. The molecule has 0 bridgehead atoms. The number of ether oxygens (including phenoxy) is 1. The van der Waals surface area contributed by atoms with Gasteiger partial charge in [0.2, 0.25) is 5.89 Å². The number of anilines is 1. The third-order valence-electron chi connectivity index (χ3n) is 3.97. The van der Waals surface area contributed by atoms with E-state index in [1.165, 1.54) is 0 Å². The van der Waals surface area contributed by atoms with E-state index >= 15 is 0 Å². The molecule has 0 radical (unpaired) electrons. The number of hydrogen-bond acceptors (Lipinski definition) is 4. The maximum atomic E-state index is 12.2. The van der Waals surface area contributed by atoms with Gasteiger partial charge in [0.25, 0.3) is 5.91 Å². The molecule has 0 spiro atoms. The molecule has 1 heterocycles. The third-order valence-corrected chi connectivity index (χ3v) is 4.61. The summed E-state index contributed by atoms with van der Waals surface area (Å²) in [5.74, 6) is 0.561. The smallest absolute Gasteiger partial charge is 0.262 e. The van der Waals surface area contributed by atoms with Crippen molar-refractivity contribution in [3.05, 3.63) is 76.8 Å². The molecule has 1 N–H and O–H groups in total. The van der Waals surface area contributed by atoms with Crippen LogP contribution in [0.3, 0.4) is 0 Å². The Hall–Kier alpha value is -3.02. The molecular weight excluding hydrogens is 399 g/mol. The number of oxazole rings is 1. The second-order valence-corrected chi connectivity index (χ2v) is 6.76. The predicted octanol–water partition coefficient (Wildman–Crippen LogP) is 5.82. The Kier molecular flexibility index (Phi) is 5.19. The summed E-state index contributed by atoms with van der Waals surface area (Å²) in [5, 5.41) is 3.77. The van der Waals surface area contributed by atoms with Gasteiger partial charge in [-0.05, 0) is 36.4 Å². The van der Waals surface area contributed by atoms with Gasteiger partial charge in [0.1, 0.15) is 11.3 Å². The minimum absolute atomic E-state index is 0.164. The van der Waals surface area contributed by atoms with E-state index in [4.69, 9.17) is 32.4 Å². The second kappa shape index (κ2) is 7.92. The average Bonchev–Trinajstić information content (AvgIpc) is 3.11. The highest BCUT2D eigenvalue weighted by molar-refractivity contribution is 6.33. The minimum atomic E-state index is -0.315. The molecule has 4 rings (SSSR count). The number of fused-ring (bicyclic) bond motifs is 1. The maximum absolute atomic E-state index is 12.2. The fourth-order valence-corrected chi connectivity index (χ4v) is 3.06. The summed E-state index contributed by atoms with van der Waals surface area (Å²) in [6, 6.07) is 19.5. The third kappa shape index (κ3) is 3.96. The van der Waals surface area contributed by atoms with Crippen molar-refractivity contribution < 1.29 is 13.9 Å². The molecule has 5 nitrogen and oxygen atoms in total. The van der Waals surface area contributed by atoms with Crippen molar-refractivity contribution in [1.82, 2.24) is 4.98 Å². The van der Waals surface area contributed by atoms with Gasteiger partial charge in [-0.25, -0.2) is 4.98 Å². The fraction of sp³-hybridized carbons (Fsp3) is 0.0476. The summed E-state index contributed by atoms with van der Waals surface area (Å²) in [5.41, 5.74) is 2.49. The lowest BCUT2D eigenvalue weighted by atomic mass is 10.2. The summed E-state index contributed by atoms with van der Waals surface area (Å²) in [6.07, 6.45) is 0. The van der Waals surface area contributed by atoms with Gasteiger partial charge in [0, 0.05) is 11.8 Å². The maximum Gasteiger partial charge on any atom is 0.262 e. The van der Waals surface area contributed by atoms with Crippen LogP contribution in [0.4, 0.5) is 5.69 Å². The van der Waals surface area contributed by atoms with Crippen LogP contribution >= 0.6 is 23.2 Å². The van der Waals surface area contributed by atoms with Crippen LogP contribution < -0.4 is 10.1 Å². The summed E-state index contributed by atoms with van der Waals surface area (Å²) in [4.78, 5) is 16.6. The van der Waals surface area contributed by atoms with Gasteiger partial charge >= 0.3 is 0 Å². The Morgan fingerprint density at radius 3 is 2.54 bits per heavy atom. The molecule has 7 heteroatoms. The largest absolute Gasteiger partial charge is 0.482 e. The number of carbonyl (C=O) groups excluding carboxylic acids is 1. The van der Waals surface area contributed by atoms with Crippen LogP contribution in [-0.4, -0.2) is 17.5 Å². The number of nitrogens with one attached hydrogen (secondary N) is 1. The number of para-hydroxylation sites is 1. The quantitative estimate of drug-likeness (QED) is 0.448. The summed E-state index contributed by atoms with van der Waals surface area (Å²) >= 11 is 12.2. The number of carbonyl (C=O) groups is 1. The molecule has 0 unspecified atom stereocenters. The van der Waals surface area contributed by atoms with E-state index in [1.54, 1.807) is 48.5 Å². The molecule has 0 fully saturated rings. The van der Waals surface area contributed by atoms with Gasteiger partial charge in [0.15, 0.2) is 12.2 Å². The van der Waals surface area contributed by atoms with Crippen LogP contribution in [0.5, 0.6) is 5.75 Å². The van der Waals surface area contributed by atoms with Crippen molar-refractivity contribution in [2.45, 2.75) is 0 Å². The molecule has 0 aliphatic rings. The average molecular weight is 413 g/mol. The van der Waals surface area contributed by atoms with Crippen LogP contribution in [0.1, 0.15) is 0 Å². The minimum Gasteiger partial charge on any atom is -0.482 e. The van der Waals surface area contributed by atoms with Crippen LogP contribution in [0.2, 0.25) is 10.0 Å². The number of halogens is 2. The first-order chi connectivity index (χ1) is 13.6. The van der Waals surface area contributed by atoms with Crippen molar-refractivity contribution >= 4 is 45.9 Å². The molecule has 0 aliphatic carbocycles. The number of hydrogen-bond donors (Lipinski definition) is 1. The van der Waals surface area contributed by atoms with E-state index in [9.17, 15) is 4.79 Å². The summed E-state index contributed by atoms with van der Waals surface area (Å²) in [6.45, 7) is -0.164. The van der Waals surface area contributed by atoms with E-state index in [-0.39, 0.29) is 12.5 Å². The molecule has 28 heavy (non-hydrogen) atoms. The summed E-state index contributed by atoms with van der Waals surface area (Å²) < 4.78 is 11.2. The molecule has 140 valence electrons. The van der Waals surface area contributed by atoms with Crippen molar-refractivity contribution in [2.24, 2.45) is 0 Å². The number of benzene rings is 3. The van der Waals surface area contributed by atoms with E-state index in [1.807, 2.05) is 18.2 Å². The number of aromatic nitrogens is 1.